The summed E-state index contributed by atoms with van der Waals surface area (Å²) >= 11 is 0. The van der Waals surface area contributed by atoms with Crippen molar-refractivity contribution in [3.8, 4) is 0 Å². The van der Waals surface area contributed by atoms with E-state index in [9.17, 15) is 4.79 Å². The number of carbonyl (C=O) groups excluding carboxylic acids is 1. The van der Waals surface area contributed by atoms with E-state index in [0.717, 1.165) is 26.1 Å². The fourth-order valence-electron chi connectivity index (χ4n) is 1.71. The number of nitrogens with one attached hydrogen (secondary N) is 1. The Morgan fingerprint density at radius 2 is 2.11 bits per heavy atom. The molecule has 19 heavy (non-hydrogen) atoms. The van der Waals surface area contributed by atoms with Gasteiger partial charge in [0.05, 0.1) is 11.4 Å². The van der Waals surface area contributed by atoms with Gasteiger partial charge in [-0.3, -0.25) is 4.79 Å². The number of amides is 1. The van der Waals surface area contributed by atoms with E-state index in [-0.39, 0.29) is 5.91 Å². The Labute approximate surface area is 114 Å². The predicted molar refractivity (Wildman–Crippen MR) is 78.1 cm³/mol. The van der Waals surface area contributed by atoms with Crippen molar-refractivity contribution in [1.29, 1.82) is 0 Å². The summed E-state index contributed by atoms with van der Waals surface area (Å²) in [5.74, 6) is -0.0171. The monoisotopic (exact) mass is 265 g/mol. The van der Waals surface area contributed by atoms with E-state index >= 15 is 0 Å². The highest BCUT2D eigenvalue weighted by molar-refractivity contribution is 5.93. The van der Waals surface area contributed by atoms with Crippen LogP contribution in [0.4, 0.5) is 11.4 Å². The molecule has 0 aliphatic carbocycles. The zero-order valence-electron chi connectivity index (χ0n) is 11.7. The third-order valence-electron chi connectivity index (χ3n) is 2.84. The first-order valence-corrected chi connectivity index (χ1v) is 6.45. The fraction of sp³-hybridized carbons (Fsp3) is 0.500. The van der Waals surface area contributed by atoms with Gasteiger partial charge in [0, 0.05) is 33.2 Å². The van der Waals surface area contributed by atoms with Crippen molar-refractivity contribution >= 4 is 17.3 Å². The summed E-state index contributed by atoms with van der Waals surface area (Å²) in [5, 5.41) is 2.82. The Morgan fingerprint density at radius 1 is 1.37 bits per heavy atom. The molecule has 1 rings (SSSR count). The predicted octanol–water partition coefficient (Wildman–Crippen LogP) is 1.57. The zero-order valence-corrected chi connectivity index (χ0v) is 11.7. The molecule has 0 atom stereocenters. The Morgan fingerprint density at radius 3 is 2.79 bits per heavy atom. The SMILES string of the molecule is COCCCN(C)CCC(=O)Nc1ccccc1N. The lowest BCUT2D eigenvalue weighted by molar-refractivity contribution is -0.116. The first-order valence-electron chi connectivity index (χ1n) is 6.45. The molecule has 1 amide bonds. The van der Waals surface area contributed by atoms with E-state index in [1.165, 1.54) is 0 Å². The Hall–Kier alpha value is -1.59. The molecule has 0 fully saturated rings. The summed E-state index contributed by atoms with van der Waals surface area (Å²) in [6.07, 6.45) is 1.43. The van der Waals surface area contributed by atoms with Gasteiger partial charge in [-0.25, -0.2) is 0 Å². The number of nitrogens with zero attached hydrogens (tertiary/aromatic N) is 1. The standard InChI is InChI=1S/C14H23N3O2/c1-17(9-5-11-19-2)10-8-14(18)16-13-7-4-3-6-12(13)15/h3-4,6-7H,5,8-11,15H2,1-2H3,(H,16,18). The van der Waals surface area contributed by atoms with Crippen LogP contribution in [0.15, 0.2) is 24.3 Å². The highest BCUT2D eigenvalue weighted by Crippen LogP contribution is 2.16. The molecule has 1 aromatic carbocycles. The number of ether oxygens (including phenoxy) is 1. The van der Waals surface area contributed by atoms with E-state index in [1.54, 1.807) is 19.2 Å². The van der Waals surface area contributed by atoms with Gasteiger partial charge in [0.15, 0.2) is 0 Å². The maximum Gasteiger partial charge on any atom is 0.225 e. The summed E-state index contributed by atoms with van der Waals surface area (Å²) in [6.45, 7) is 2.40. The molecule has 5 heteroatoms. The second-order valence-electron chi connectivity index (χ2n) is 4.54. The summed E-state index contributed by atoms with van der Waals surface area (Å²) in [6, 6.07) is 7.26. The number of nitrogen functional groups attached to an aromatic ring is 1. The number of rotatable bonds is 8. The van der Waals surface area contributed by atoms with Crippen LogP contribution in [-0.2, 0) is 9.53 Å². The first kappa shape index (κ1) is 15.5. The van der Waals surface area contributed by atoms with Gasteiger partial charge in [-0.05, 0) is 25.6 Å². The maximum absolute atomic E-state index is 11.8. The molecular formula is C14H23N3O2. The molecule has 0 heterocycles. The molecule has 106 valence electrons. The van der Waals surface area contributed by atoms with Crippen LogP contribution < -0.4 is 11.1 Å². The fourth-order valence-corrected chi connectivity index (χ4v) is 1.71. The Kier molecular flexibility index (Phi) is 6.92. The van der Waals surface area contributed by atoms with E-state index in [2.05, 4.69) is 10.2 Å². The molecule has 0 saturated carbocycles. The van der Waals surface area contributed by atoms with Crippen molar-refractivity contribution < 1.29 is 9.53 Å². The van der Waals surface area contributed by atoms with Gasteiger partial charge in [0.2, 0.25) is 5.91 Å². The molecule has 0 unspecified atom stereocenters. The first-order chi connectivity index (χ1) is 9.13. The number of methoxy groups -OCH3 is 1. The van der Waals surface area contributed by atoms with Gasteiger partial charge in [0.1, 0.15) is 0 Å². The highest BCUT2D eigenvalue weighted by atomic mass is 16.5. The Bertz CT molecular complexity index is 396. The molecule has 0 saturated heterocycles. The van der Waals surface area contributed by atoms with Crippen LogP contribution in [0.5, 0.6) is 0 Å². The Balaban J connectivity index is 2.26. The van der Waals surface area contributed by atoms with Gasteiger partial charge in [-0.1, -0.05) is 12.1 Å². The van der Waals surface area contributed by atoms with Crippen molar-refractivity contribution in [3.63, 3.8) is 0 Å². The van der Waals surface area contributed by atoms with Crippen LogP contribution in [-0.4, -0.2) is 44.7 Å². The second-order valence-corrected chi connectivity index (χ2v) is 4.54. The van der Waals surface area contributed by atoms with Crippen molar-refractivity contribution in [2.75, 3.05) is 44.9 Å². The summed E-state index contributed by atoms with van der Waals surface area (Å²) in [7, 11) is 3.69. The van der Waals surface area contributed by atoms with Gasteiger partial charge >= 0.3 is 0 Å². The van der Waals surface area contributed by atoms with Crippen LogP contribution in [0.1, 0.15) is 12.8 Å². The molecule has 5 nitrogen and oxygen atoms in total. The van der Waals surface area contributed by atoms with Crippen molar-refractivity contribution in [2.24, 2.45) is 0 Å². The van der Waals surface area contributed by atoms with E-state index in [1.807, 2.05) is 19.2 Å². The molecule has 0 aromatic heterocycles. The summed E-state index contributed by atoms with van der Waals surface area (Å²) < 4.78 is 4.99. The number of nitrogens with two attached hydrogens (primary N) is 1. The van der Waals surface area contributed by atoms with Crippen molar-refractivity contribution in [1.82, 2.24) is 4.90 Å². The highest BCUT2D eigenvalue weighted by Gasteiger charge is 2.06. The number of benzene rings is 1. The average Bonchev–Trinajstić information content (AvgIpc) is 2.39. The van der Waals surface area contributed by atoms with Crippen LogP contribution in [0.2, 0.25) is 0 Å². The molecule has 3 N–H and O–H groups in total. The van der Waals surface area contributed by atoms with Gasteiger partial charge in [-0.15, -0.1) is 0 Å². The quantitative estimate of drug-likeness (QED) is 0.553. The lowest BCUT2D eigenvalue weighted by Gasteiger charge is -2.16. The molecule has 0 radical (unpaired) electrons. The van der Waals surface area contributed by atoms with Crippen molar-refractivity contribution in [2.45, 2.75) is 12.8 Å². The number of hydrogen-bond acceptors (Lipinski definition) is 4. The normalized spacial score (nSPS) is 10.7. The minimum absolute atomic E-state index is 0.0171. The zero-order chi connectivity index (χ0) is 14.1. The van der Waals surface area contributed by atoms with E-state index in [0.29, 0.717) is 17.8 Å². The van der Waals surface area contributed by atoms with Crippen molar-refractivity contribution in [3.05, 3.63) is 24.3 Å². The van der Waals surface area contributed by atoms with E-state index < -0.39 is 0 Å². The van der Waals surface area contributed by atoms with Gasteiger partial charge < -0.3 is 20.7 Å². The summed E-state index contributed by atoms with van der Waals surface area (Å²) in [4.78, 5) is 13.9. The number of anilines is 2. The second kappa shape index (κ2) is 8.50. The average molecular weight is 265 g/mol. The van der Waals surface area contributed by atoms with Crippen LogP contribution >= 0.6 is 0 Å². The maximum atomic E-state index is 11.8. The topological polar surface area (TPSA) is 67.6 Å². The molecule has 0 spiro atoms. The third-order valence-corrected chi connectivity index (χ3v) is 2.84. The van der Waals surface area contributed by atoms with Crippen LogP contribution in [0, 0.1) is 0 Å². The van der Waals surface area contributed by atoms with Crippen LogP contribution in [0.25, 0.3) is 0 Å². The largest absolute Gasteiger partial charge is 0.397 e. The minimum atomic E-state index is -0.0171. The van der Waals surface area contributed by atoms with Gasteiger partial charge in [-0.2, -0.15) is 0 Å². The molecular weight excluding hydrogens is 242 g/mol. The minimum Gasteiger partial charge on any atom is -0.397 e. The smallest absolute Gasteiger partial charge is 0.225 e. The van der Waals surface area contributed by atoms with Crippen LogP contribution in [0.3, 0.4) is 0 Å². The number of carbonyl (C=O) groups is 1. The molecule has 0 bridgehead atoms. The molecule has 1 aromatic rings. The number of para-hydroxylation sites is 2. The van der Waals surface area contributed by atoms with Gasteiger partial charge in [0.25, 0.3) is 0 Å². The molecule has 0 aliphatic rings. The summed E-state index contributed by atoms with van der Waals surface area (Å²) in [5.41, 5.74) is 7.03. The lowest BCUT2D eigenvalue weighted by atomic mass is 10.2. The third kappa shape index (κ3) is 6.22. The number of hydrogen-bond donors (Lipinski definition) is 2. The lowest BCUT2D eigenvalue weighted by Crippen LogP contribution is -2.26. The molecule has 0 aliphatic heterocycles. The van der Waals surface area contributed by atoms with E-state index in [4.69, 9.17) is 10.5 Å².